The summed E-state index contributed by atoms with van der Waals surface area (Å²) in [6.45, 7) is 0. The molecule has 0 unspecified atom stereocenters. The van der Waals surface area contributed by atoms with Gasteiger partial charge in [0.05, 0.1) is 0 Å². The quantitative estimate of drug-likeness (QED) is 0.716. The van der Waals surface area contributed by atoms with Crippen LogP contribution in [-0.4, -0.2) is 0 Å². The first-order valence-electron chi connectivity index (χ1n) is 3.32. The zero-order chi connectivity index (χ0) is 10.9. The third kappa shape index (κ3) is 1.87. The summed E-state index contributed by atoms with van der Waals surface area (Å²) in [6, 6.07) is 1.87. The van der Waals surface area contributed by atoms with Crippen molar-refractivity contribution in [1.82, 2.24) is 0 Å². The average Bonchev–Trinajstić information content (AvgIpc) is 2.01. The van der Waals surface area contributed by atoms with E-state index in [-0.39, 0.29) is 4.47 Å². The van der Waals surface area contributed by atoms with Crippen molar-refractivity contribution in [2.24, 2.45) is 0 Å². The van der Waals surface area contributed by atoms with Gasteiger partial charge in [0.1, 0.15) is 23.3 Å². The van der Waals surface area contributed by atoms with Gasteiger partial charge in [-0.25, -0.2) is 8.78 Å². The van der Waals surface area contributed by atoms with Crippen molar-refractivity contribution in [1.29, 1.82) is 5.26 Å². The number of hydrogen-bond donors (Lipinski definition) is 0. The summed E-state index contributed by atoms with van der Waals surface area (Å²) in [6.07, 6.45) is 0. The van der Waals surface area contributed by atoms with Crippen LogP contribution in [0.25, 0.3) is 0 Å². The van der Waals surface area contributed by atoms with Crippen LogP contribution in [0.4, 0.5) is 17.6 Å². The minimum Gasteiger partial charge on any atom is -0.206 e. The maximum absolute atomic E-state index is 12.9. The van der Waals surface area contributed by atoms with E-state index in [1.807, 2.05) is 0 Å². The maximum Gasteiger partial charge on any atom is 0.363 e. The molecule has 0 heterocycles. The van der Waals surface area contributed by atoms with Crippen molar-refractivity contribution in [2.45, 2.75) is 5.92 Å². The molecule has 1 aromatic rings. The first-order valence-corrected chi connectivity index (χ1v) is 4.12. The van der Waals surface area contributed by atoms with E-state index in [1.165, 1.54) is 0 Å². The van der Waals surface area contributed by atoms with Crippen LogP contribution in [0.2, 0.25) is 0 Å². The molecule has 0 saturated carbocycles. The van der Waals surface area contributed by atoms with E-state index in [0.29, 0.717) is 18.2 Å². The van der Waals surface area contributed by atoms with Gasteiger partial charge in [-0.3, -0.25) is 0 Å². The van der Waals surface area contributed by atoms with Crippen LogP contribution in [0.5, 0.6) is 0 Å². The second kappa shape index (κ2) is 3.58. The van der Waals surface area contributed by atoms with Gasteiger partial charge in [0.25, 0.3) is 0 Å². The highest BCUT2D eigenvalue weighted by Crippen LogP contribution is 2.33. The normalized spacial score (nSPS) is 11.1. The average molecular weight is 268 g/mol. The smallest absolute Gasteiger partial charge is 0.206 e. The molecule has 0 aliphatic heterocycles. The Morgan fingerprint density at radius 2 is 1.64 bits per heavy atom. The van der Waals surface area contributed by atoms with Crippen LogP contribution in [0.3, 0.4) is 0 Å². The summed E-state index contributed by atoms with van der Waals surface area (Å²) in [5.41, 5.74) is -1.52. The summed E-state index contributed by atoms with van der Waals surface area (Å²) in [5, 5.41) is 8.02. The van der Waals surface area contributed by atoms with E-state index in [9.17, 15) is 17.6 Å². The molecule has 1 aromatic carbocycles. The molecular formula is C8H2BrF4N. The molecule has 14 heavy (non-hydrogen) atoms. The number of halogens is 5. The van der Waals surface area contributed by atoms with Crippen molar-refractivity contribution in [3.8, 4) is 6.07 Å². The molecule has 0 fully saturated rings. The lowest BCUT2D eigenvalue weighted by Crippen LogP contribution is -2.15. The summed E-state index contributed by atoms with van der Waals surface area (Å²) < 4.78 is 51.1. The highest BCUT2D eigenvalue weighted by atomic mass is 79.9. The number of alkyl halides is 2. The van der Waals surface area contributed by atoms with E-state index in [1.54, 1.807) is 0 Å². The van der Waals surface area contributed by atoms with Gasteiger partial charge in [0.15, 0.2) is 0 Å². The summed E-state index contributed by atoms with van der Waals surface area (Å²) >= 11 is 2.73. The third-order valence-corrected chi connectivity index (χ3v) is 1.92. The van der Waals surface area contributed by atoms with E-state index in [0.717, 1.165) is 0 Å². The second-order valence-corrected chi connectivity index (χ2v) is 3.35. The van der Waals surface area contributed by atoms with Crippen LogP contribution < -0.4 is 0 Å². The van der Waals surface area contributed by atoms with E-state index in [4.69, 9.17) is 5.26 Å². The molecule has 0 radical (unpaired) electrons. The van der Waals surface area contributed by atoms with Gasteiger partial charge < -0.3 is 0 Å². The first kappa shape index (κ1) is 11.0. The van der Waals surface area contributed by atoms with Crippen LogP contribution in [0.1, 0.15) is 5.56 Å². The largest absolute Gasteiger partial charge is 0.363 e. The number of rotatable bonds is 1. The Hall–Kier alpha value is -1.09. The Labute approximate surface area is 85.1 Å². The highest BCUT2D eigenvalue weighted by molar-refractivity contribution is 9.10. The third-order valence-electron chi connectivity index (χ3n) is 1.46. The molecule has 0 aliphatic rings. The van der Waals surface area contributed by atoms with E-state index >= 15 is 0 Å². The van der Waals surface area contributed by atoms with Gasteiger partial charge in [-0.2, -0.15) is 14.0 Å². The fourth-order valence-corrected chi connectivity index (χ4v) is 1.30. The first-order chi connectivity index (χ1) is 6.38. The summed E-state index contributed by atoms with van der Waals surface area (Å²) in [5.74, 6) is -7.07. The molecule has 0 saturated heterocycles. The van der Waals surface area contributed by atoms with Gasteiger partial charge in [-0.1, -0.05) is 15.9 Å². The molecule has 1 nitrogen and oxygen atoms in total. The van der Waals surface area contributed by atoms with Crippen molar-refractivity contribution in [2.75, 3.05) is 0 Å². The molecule has 0 atom stereocenters. The van der Waals surface area contributed by atoms with Crippen molar-refractivity contribution < 1.29 is 17.6 Å². The van der Waals surface area contributed by atoms with Gasteiger partial charge in [0.2, 0.25) is 0 Å². The van der Waals surface area contributed by atoms with Crippen LogP contribution in [0, 0.1) is 23.0 Å². The Morgan fingerprint density at radius 1 is 1.21 bits per heavy atom. The van der Waals surface area contributed by atoms with Gasteiger partial charge in [0, 0.05) is 4.47 Å². The highest BCUT2D eigenvalue weighted by Gasteiger charge is 2.37. The standard InChI is InChI=1S/C8H2BrF4N/c9-4-1-5(10)7(6(11)2-4)8(12,13)3-14/h1-2H. The van der Waals surface area contributed by atoms with Crippen molar-refractivity contribution in [3.63, 3.8) is 0 Å². The number of benzene rings is 1. The molecule has 1 rings (SSSR count). The lowest BCUT2D eigenvalue weighted by atomic mass is 10.1. The zero-order valence-electron chi connectivity index (χ0n) is 6.49. The Balaban J connectivity index is 3.44. The molecule has 6 heteroatoms. The second-order valence-electron chi connectivity index (χ2n) is 2.43. The predicted molar refractivity (Wildman–Crippen MR) is 43.6 cm³/mol. The molecule has 0 amide bonds. The number of hydrogen-bond acceptors (Lipinski definition) is 1. The molecule has 0 N–H and O–H groups in total. The number of nitrogens with zero attached hydrogens (tertiary/aromatic N) is 1. The topological polar surface area (TPSA) is 23.8 Å². The fourth-order valence-electron chi connectivity index (χ4n) is 0.898. The predicted octanol–water partition coefficient (Wildman–Crippen LogP) is 3.34. The Morgan fingerprint density at radius 3 is 2.00 bits per heavy atom. The van der Waals surface area contributed by atoms with Crippen molar-refractivity contribution >= 4 is 15.9 Å². The Bertz CT molecular complexity index is 387. The van der Waals surface area contributed by atoms with Gasteiger partial charge >= 0.3 is 5.92 Å². The lowest BCUT2D eigenvalue weighted by Gasteiger charge is -2.10. The summed E-state index contributed by atoms with van der Waals surface area (Å²) in [4.78, 5) is 0. The van der Waals surface area contributed by atoms with Crippen LogP contribution >= 0.6 is 15.9 Å². The monoisotopic (exact) mass is 267 g/mol. The van der Waals surface area contributed by atoms with Crippen LogP contribution in [0.15, 0.2) is 16.6 Å². The van der Waals surface area contributed by atoms with Gasteiger partial charge in [-0.05, 0) is 12.1 Å². The SMILES string of the molecule is N#CC(F)(F)c1c(F)cc(Br)cc1F. The molecule has 0 bridgehead atoms. The minimum absolute atomic E-state index is 0.00927. The fraction of sp³-hybridized carbons (Fsp3) is 0.125. The Kier molecular flexibility index (Phi) is 2.81. The zero-order valence-corrected chi connectivity index (χ0v) is 8.08. The van der Waals surface area contributed by atoms with Crippen molar-refractivity contribution in [3.05, 3.63) is 33.8 Å². The van der Waals surface area contributed by atoms with Crippen LogP contribution in [-0.2, 0) is 5.92 Å². The van der Waals surface area contributed by atoms with E-state index < -0.39 is 23.1 Å². The number of nitriles is 1. The minimum atomic E-state index is -4.16. The van der Waals surface area contributed by atoms with Gasteiger partial charge in [-0.15, -0.1) is 0 Å². The summed E-state index contributed by atoms with van der Waals surface area (Å²) in [7, 11) is 0. The molecule has 0 aromatic heterocycles. The van der Waals surface area contributed by atoms with E-state index in [2.05, 4.69) is 15.9 Å². The molecular weight excluding hydrogens is 266 g/mol. The molecule has 0 spiro atoms. The molecule has 74 valence electrons. The lowest BCUT2D eigenvalue weighted by molar-refractivity contribution is 0.0527. The maximum atomic E-state index is 12.9. The molecule has 0 aliphatic carbocycles.